The molecule has 0 spiro atoms. The van der Waals surface area contributed by atoms with Crippen LogP contribution in [0.3, 0.4) is 0 Å². The highest BCUT2D eigenvalue weighted by Gasteiger charge is 2.18. The molecule has 2 aromatic carbocycles. The van der Waals surface area contributed by atoms with Crippen molar-refractivity contribution in [3.05, 3.63) is 65.2 Å². The van der Waals surface area contributed by atoms with Crippen LogP contribution in [0.15, 0.2) is 59.5 Å². The van der Waals surface area contributed by atoms with E-state index in [4.69, 9.17) is 11.6 Å². The molecule has 0 aliphatic rings. The van der Waals surface area contributed by atoms with Crippen molar-refractivity contribution in [3.63, 3.8) is 0 Å². The number of benzene rings is 2. The summed E-state index contributed by atoms with van der Waals surface area (Å²) in [5.41, 5.74) is 2.47. The Labute approximate surface area is 121 Å². The number of hydrogen-bond acceptors (Lipinski definition) is 3. The van der Waals surface area contributed by atoms with Crippen molar-refractivity contribution in [2.75, 3.05) is 0 Å². The SMILES string of the molecule is O=C(NNS(=O)(=O)c1ccccc1Cl)c1ccccc1. The van der Waals surface area contributed by atoms with E-state index in [2.05, 4.69) is 5.43 Å². The van der Waals surface area contributed by atoms with Gasteiger partial charge in [0.05, 0.1) is 5.02 Å². The summed E-state index contributed by atoms with van der Waals surface area (Å²) in [5, 5.41) is 0.0777. The van der Waals surface area contributed by atoms with E-state index < -0.39 is 15.9 Å². The summed E-state index contributed by atoms with van der Waals surface area (Å²) in [5.74, 6) is -0.554. The van der Waals surface area contributed by atoms with Gasteiger partial charge in [0.1, 0.15) is 4.90 Å². The number of hydrazine groups is 1. The van der Waals surface area contributed by atoms with Crippen molar-refractivity contribution in [2.45, 2.75) is 4.90 Å². The van der Waals surface area contributed by atoms with Crippen LogP contribution in [0.1, 0.15) is 10.4 Å². The number of carbonyl (C=O) groups excluding carboxylic acids is 1. The summed E-state index contributed by atoms with van der Waals surface area (Å²) in [4.78, 5) is 13.6. The lowest BCUT2D eigenvalue weighted by Gasteiger charge is -2.09. The minimum absolute atomic E-state index is 0.0777. The summed E-state index contributed by atoms with van der Waals surface area (Å²) in [6, 6.07) is 14.2. The first kappa shape index (κ1) is 14.5. The maximum absolute atomic E-state index is 12.0. The third-order valence-corrected chi connectivity index (χ3v) is 4.21. The molecule has 0 bridgehead atoms. The normalized spacial score (nSPS) is 11.1. The number of nitrogens with one attached hydrogen (secondary N) is 2. The van der Waals surface area contributed by atoms with E-state index in [1.165, 1.54) is 12.1 Å². The predicted octanol–water partition coefficient (Wildman–Crippen LogP) is 1.96. The van der Waals surface area contributed by atoms with Crippen molar-refractivity contribution >= 4 is 27.5 Å². The number of sulfonamides is 1. The molecule has 0 unspecified atom stereocenters. The summed E-state index contributed by atoms with van der Waals surface area (Å²) in [6.45, 7) is 0. The largest absolute Gasteiger partial charge is 0.273 e. The number of carbonyl (C=O) groups is 1. The topological polar surface area (TPSA) is 75.3 Å². The van der Waals surface area contributed by atoms with Crippen molar-refractivity contribution in [1.29, 1.82) is 0 Å². The van der Waals surface area contributed by atoms with E-state index in [9.17, 15) is 13.2 Å². The Morgan fingerprint density at radius 2 is 1.55 bits per heavy atom. The Bertz CT molecular complexity index is 717. The third kappa shape index (κ3) is 3.36. The highest BCUT2D eigenvalue weighted by Crippen LogP contribution is 2.19. The minimum Gasteiger partial charge on any atom is -0.273 e. The number of rotatable bonds is 4. The number of halogens is 1. The van der Waals surface area contributed by atoms with E-state index in [1.54, 1.807) is 42.5 Å². The van der Waals surface area contributed by atoms with Gasteiger partial charge in [-0.1, -0.05) is 41.9 Å². The molecular formula is C13H11ClN2O3S. The molecular weight excluding hydrogens is 300 g/mol. The van der Waals surface area contributed by atoms with Crippen LogP contribution in [0, 0.1) is 0 Å². The number of amides is 1. The Balaban J connectivity index is 2.11. The monoisotopic (exact) mass is 310 g/mol. The Hall–Kier alpha value is -1.89. The maximum Gasteiger partial charge on any atom is 0.266 e. The lowest BCUT2D eigenvalue weighted by molar-refractivity contribution is 0.0945. The summed E-state index contributed by atoms with van der Waals surface area (Å²) in [7, 11) is -3.91. The van der Waals surface area contributed by atoms with Crippen LogP contribution in [-0.4, -0.2) is 14.3 Å². The van der Waals surface area contributed by atoms with Gasteiger partial charge in [-0.15, -0.1) is 4.83 Å². The third-order valence-electron chi connectivity index (χ3n) is 2.46. The quantitative estimate of drug-likeness (QED) is 0.848. The fourth-order valence-corrected chi connectivity index (χ4v) is 2.85. The van der Waals surface area contributed by atoms with Gasteiger partial charge in [0.25, 0.3) is 15.9 Å². The molecule has 0 aliphatic heterocycles. The molecule has 0 heterocycles. The second kappa shape index (κ2) is 6.04. The van der Waals surface area contributed by atoms with Crippen molar-refractivity contribution in [1.82, 2.24) is 10.3 Å². The average Bonchev–Trinajstić information content (AvgIpc) is 2.46. The van der Waals surface area contributed by atoms with Gasteiger partial charge >= 0.3 is 0 Å². The molecule has 7 heteroatoms. The van der Waals surface area contributed by atoms with Gasteiger partial charge in [-0.2, -0.15) is 0 Å². The van der Waals surface area contributed by atoms with Crippen LogP contribution in [0.4, 0.5) is 0 Å². The van der Waals surface area contributed by atoms with Crippen LogP contribution in [0.5, 0.6) is 0 Å². The molecule has 104 valence electrons. The van der Waals surface area contributed by atoms with Crippen molar-refractivity contribution in [2.24, 2.45) is 0 Å². The molecule has 1 amide bonds. The highest BCUT2D eigenvalue weighted by molar-refractivity contribution is 7.89. The average molecular weight is 311 g/mol. The molecule has 0 saturated carbocycles. The first-order valence-electron chi connectivity index (χ1n) is 5.62. The smallest absolute Gasteiger partial charge is 0.266 e. The van der Waals surface area contributed by atoms with Crippen LogP contribution in [0.2, 0.25) is 5.02 Å². The van der Waals surface area contributed by atoms with Gasteiger partial charge in [0.15, 0.2) is 0 Å². The Kier molecular flexibility index (Phi) is 4.39. The number of hydrogen-bond donors (Lipinski definition) is 2. The van der Waals surface area contributed by atoms with Crippen LogP contribution >= 0.6 is 11.6 Å². The van der Waals surface area contributed by atoms with Crippen molar-refractivity contribution < 1.29 is 13.2 Å². The Morgan fingerprint density at radius 3 is 2.20 bits per heavy atom. The molecule has 2 rings (SSSR count). The van der Waals surface area contributed by atoms with Crippen LogP contribution < -0.4 is 10.3 Å². The molecule has 0 saturated heterocycles. The summed E-state index contributed by atoms with van der Waals surface area (Å²) >= 11 is 5.81. The van der Waals surface area contributed by atoms with Gasteiger partial charge in [0, 0.05) is 5.56 Å². The van der Waals surface area contributed by atoms with Crippen LogP contribution in [0.25, 0.3) is 0 Å². The molecule has 2 aromatic rings. The molecule has 0 aromatic heterocycles. The lowest BCUT2D eigenvalue weighted by atomic mass is 10.2. The molecule has 0 radical (unpaired) electrons. The molecule has 20 heavy (non-hydrogen) atoms. The first-order valence-corrected chi connectivity index (χ1v) is 7.48. The van der Waals surface area contributed by atoms with Gasteiger partial charge in [-0.25, -0.2) is 8.42 Å². The molecule has 2 N–H and O–H groups in total. The lowest BCUT2D eigenvalue weighted by Crippen LogP contribution is -2.41. The Morgan fingerprint density at radius 1 is 0.950 bits per heavy atom. The molecule has 0 atom stereocenters. The minimum atomic E-state index is -3.91. The second-order valence-electron chi connectivity index (χ2n) is 3.86. The zero-order chi connectivity index (χ0) is 14.6. The van der Waals surface area contributed by atoms with Gasteiger partial charge in [0.2, 0.25) is 0 Å². The maximum atomic E-state index is 12.0. The van der Waals surface area contributed by atoms with E-state index in [-0.39, 0.29) is 9.92 Å². The van der Waals surface area contributed by atoms with E-state index in [0.29, 0.717) is 5.56 Å². The fourth-order valence-electron chi connectivity index (χ4n) is 1.49. The zero-order valence-electron chi connectivity index (χ0n) is 10.2. The molecule has 5 nitrogen and oxygen atoms in total. The van der Waals surface area contributed by atoms with Gasteiger partial charge in [-0.3, -0.25) is 10.2 Å². The predicted molar refractivity (Wildman–Crippen MR) is 75.7 cm³/mol. The van der Waals surface area contributed by atoms with Crippen LogP contribution in [-0.2, 0) is 10.0 Å². The van der Waals surface area contributed by atoms with E-state index in [0.717, 1.165) is 0 Å². The van der Waals surface area contributed by atoms with Gasteiger partial charge < -0.3 is 0 Å². The molecule has 0 fully saturated rings. The van der Waals surface area contributed by atoms with E-state index >= 15 is 0 Å². The fraction of sp³-hybridized carbons (Fsp3) is 0. The van der Waals surface area contributed by atoms with Gasteiger partial charge in [-0.05, 0) is 24.3 Å². The molecule has 0 aliphatic carbocycles. The van der Waals surface area contributed by atoms with Crippen molar-refractivity contribution in [3.8, 4) is 0 Å². The second-order valence-corrected chi connectivity index (χ2v) is 5.91. The summed E-state index contributed by atoms with van der Waals surface area (Å²) < 4.78 is 24.0. The highest BCUT2D eigenvalue weighted by atomic mass is 35.5. The standard InChI is InChI=1S/C13H11ClN2O3S/c14-11-8-4-5-9-12(11)20(18,19)16-15-13(17)10-6-2-1-3-7-10/h1-9,16H,(H,15,17). The summed E-state index contributed by atoms with van der Waals surface area (Å²) in [6.07, 6.45) is 0. The zero-order valence-corrected chi connectivity index (χ0v) is 11.8. The van der Waals surface area contributed by atoms with E-state index in [1.807, 2.05) is 4.83 Å². The first-order chi connectivity index (χ1) is 9.50.